The Morgan fingerprint density at radius 3 is 1.73 bits per heavy atom. The van der Waals surface area contributed by atoms with Crippen LogP contribution in [0.5, 0.6) is 0 Å². The second kappa shape index (κ2) is 6.02. The van der Waals surface area contributed by atoms with Crippen LogP contribution in [0.3, 0.4) is 0 Å². The minimum absolute atomic E-state index is 0.0341. The lowest BCUT2D eigenvalue weighted by Gasteiger charge is -2.19. The smallest absolute Gasteiger partial charge is 0.416 e. The Morgan fingerprint density at radius 2 is 1.41 bits per heavy atom. The molecule has 124 valence electrons. The molecule has 2 nitrogen and oxygen atoms in total. The van der Waals surface area contributed by atoms with Gasteiger partial charge in [-0.1, -0.05) is 0 Å². The van der Waals surface area contributed by atoms with Crippen molar-refractivity contribution in [1.29, 1.82) is 0 Å². The molecular weight excluding hydrogens is 334 g/mol. The molecule has 1 rings (SSSR count). The van der Waals surface area contributed by atoms with Crippen molar-refractivity contribution in [1.82, 2.24) is 0 Å². The normalized spacial score (nSPS) is 13.3. The van der Waals surface area contributed by atoms with Gasteiger partial charge in [0.1, 0.15) is 0 Å². The zero-order valence-corrected chi connectivity index (χ0v) is 12.3. The number of carbonyl (C=O) groups is 1. The average molecular weight is 346 g/mol. The van der Waals surface area contributed by atoms with Crippen molar-refractivity contribution in [3.05, 3.63) is 29.3 Å². The summed E-state index contributed by atoms with van der Waals surface area (Å²) in [7, 11) is 0. The Kier molecular flexibility index (Phi) is 5.11. The molecule has 0 spiro atoms. The number of hydrogen-bond acceptors (Lipinski definition) is 2. The van der Waals surface area contributed by atoms with E-state index in [1.165, 1.54) is 13.8 Å². The van der Waals surface area contributed by atoms with E-state index in [4.69, 9.17) is 5.11 Å². The lowest BCUT2D eigenvalue weighted by atomic mass is 9.97. The molecule has 0 radical (unpaired) electrons. The Bertz CT molecular complexity index is 530. The first kappa shape index (κ1) is 18.7. The molecule has 9 heteroatoms. The molecule has 0 aliphatic carbocycles. The van der Waals surface area contributed by atoms with Gasteiger partial charge in [-0.05, 0) is 32.0 Å². The summed E-state index contributed by atoms with van der Waals surface area (Å²) >= 11 is 0.635. The minimum atomic E-state index is -4.92. The molecule has 0 saturated heterocycles. The van der Waals surface area contributed by atoms with Gasteiger partial charge in [-0.2, -0.15) is 26.3 Å². The van der Waals surface area contributed by atoms with Crippen molar-refractivity contribution in [2.45, 2.75) is 31.1 Å². The zero-order chi connectivity index (χ0) is 17.3. The molecule has 1 N–H and O–H groups in total. The molecule has 0 fully saturated rings. The van der Waals surface area contributed by atoms with E-state index < -0.39 is 34.9 Å². The summed E-state index contributed by atoms with van der Waals surface area (Å²) in [5.41, 5.74) is -4.12. The van der Waals surface area contributed by atoms with Crippen molar-refractivity contribution in [2.75, 3.05) is 5.75 Å². The molecule has 0 aliphatic rings. The summed E-state index contributed by atoms with van der Waals surface area (Å²) in [5.74, 6) is -1.36. The summed E-state index contributed by atoms with van der Waals surface area (Å²) < 4.78 is 76.0. The molecule has 0 amide bonds. The zero-order valence-electron chi connectivity index (χ0n) is 11.5. The van der Waals surface area contributed by atoms with Crippen LogP contribution >= 0.6 is 11.8 Å². The first-order valence-corrected chi connectivity index (χ1v) is 6.88. The summed E-state index contributed by atoms with van der Waals surface area (Å²) in [5, 5.41) is 8.91. The van der Waals surface area contributed by atoms with Crippen molar-refractivity contribution < 1.29 is 36.2 Å². The van der Waals surface area contributed by atoms with Crippen LogP contribution in [0.15, 0.2) is 23.1 Å². The van der Waals surface area contributed by atoms with Gasteiger partial charge >= 0.3 is 18.3 Å². The van der Waals surface area contributed by atoms with Crippen LogP contribution in [-0.2, 0) is 17.1 Å². The van der Waals surface area contributed by atoms with Crippen LogP contribution in [0.1, 0.15) is 25.0 Å². The van der Waals surface area contributed by atoms with Crippen LogP contribution in [0.2, 0.25) is 0 Å². The third kappa shape index (κ3) is 4.82. The second-order valence-electron chi connectivity index (χ2n) is 5.22. The maximum absolute atomic E-state index is 12.7. The van der Waals surface area contributed by atoms with Crippen molar-refractivity contribution >= 4 is 17.7 Å². The van der Waals surface area contributed by atoms with Crippen LogP contribution in [-0.4, -0.2) is 16.8 Å². The Morgan fingerprint density at radius 1 is 1.00 bits per heavy atom. The number of hydrogen-bond donors (Lipinski definition) is 1. The SMILES string of the molecule is CC(C)(CSc1cc(C(F)(F)F)cc(C(F)(F)F)c1)C(=O)O. The molecule has 0 aromatic heterocycles. The third-order valence-electron chi connectivity index (χ3n) is 2.74. The topological polar surface area (TPSA) is 37.3 Å². The number of halogens is 6. The number of rotatable bonds is 4. The van der Waals surface area contributed by atoms with Crippen molar-refractivity contribution in [3.8, 4) is 0 Å². The monoisotopic (exact) mass is 346 g/mol. The third-order valence-corrected chi connectivity index (χ3v) is 4.17. The minimum Gasteiger partial charge on any atom is -0.481 e. The van der Waals surface area contributed by atoms with Gasteiger partial charge in [0, 0.05) is 10.6 Å². The van der Waals surface area contributed by atoms with Gasteiger partial charge in [-0.3, -0.25) is 4.79 Å². The number of aliphatic carboxylic acids is 1. The molecule has 1 aromatic rings. The number of carboxylic acid groups (broad SMARTS) is 1. The van der Waals surface area contributed by atoms with E-state index in [9.17, 15) is 31.1 Å². The van der Waals surface area contributed by atoms with Crippen LogP contribution in [0.25, 0.3) is 0 Å². The molecule has 0 aliphatic heterocycles. The van der Waals surface area contributed by atoms with Crippen molar-refractivity contribution in [2.24, 2.45) is 5.41 Å². The van der Waals surface area contributed by atoms with E-state index in [2.05, 4.69) is 0 Å². The van der Waals surface area contributed by atoms with Crippen LogP contribution in [0, 0.1) is 5.41 Å². The standard InChI is InChI=1S/C13H12F6O2S/c1-11(2,10(20)21)6-22-9-4-7(12(14,15)16)3-8(5-9)13(17,18)19/h3-5H,6H2,1-2H3,(H,20,21). The van der Waals surface area contributed by atoms with E-state index in [-0.39, 0.29) is 16.7 Å². The van der Waals surface area contributed by atoms with Gasteiger partial charge in [-0.15, -0.1) is 11.8 Å². The molecular formula is C13H12F6O2S. The summed E-state index contributed by atoms with van der Waals surface area (Å²) in [4.78, 5) is 10.6. The fraction of sp³-hybridized carbons (Fsp3) is 0.462. The number of thioether (sulfide) groups is 1. The van der Waals surface area contributed by atoms with Gasteiger partial charge in [0.2, 0.25) is 0 Å². The Hall–Kier alpha value is -1.38. The fourth-order valence-corrected chi connectivity index (χ4v) is 2.41. The molecule has 22 heavy (non-hydrogen) atoms. The predicted molar refractivity (Wildman–Crippen MR) is 68.6 cm³/mol. The molecule has 0 atom stereocenters. The van der Waals surface area contributed by atoms with Crippen LogP contribution < -0.4 is 0 Å². The van der Waals surface area contributed by atoms with E-state index in [0.717, 1.165) is 0 Å². The largest absolute Gasteiger partial charge is 0.481 e. The lowest BCUT2D eigenvalue weighted by molar-refractivity contribution is -0.146. The van der Waals surface area contributed by atoms with E-state index in [1.54, 1.807) is 0 Å². The average Bonchev–Trinajstić information content (AvgIpc) is 2.34. The molecule has 0 unspecified atom stereocenters. The molecule has 0 heterocycles. The van der Waals surface area contributed by atoms with Gasteiger partial charge in [-0.25, -0.2) is 0 Å². The maximum atomic E-state index is 12.7. The first-order valence-electron chi connectivity index (χ1n) is 5.89. The lowest BCUT2D eigenvalue weighted by Crippen LogP contribution is -2.26. The molecule has 1 aromatic carbocycles. The van der Waals surface area contributed by atoms with Gasteiger partial charge in [0.25, 0.3) is 0 Å². The highest BCUT2D eigenvalue weighted by Crippen LogP contribution is 2.39. The quantitative estimate of drug-likeness (QED) is 0.621. The van der Waals surface area contributed by atoms with E-state index in [1.807, 2.05) is 0 Å². The maximum Gasteiger partial charge on any atom is 0.416 e. The summed E-state index contributed by atoms with van der Waals surface area (Å²) in [6.45, 7) is 2.67. The number of alkyl halides is 6. The molecule has 0 saturated carbocycles. The van der Waals surface area contributed by atoms with Crippen LogP contribution in [0.4, 0.5) is 26.3 Å². The first-order chi connectivity index (χ1) is 9.73. The number of carboxylic acids is 1. The highest BCUT2D eigenvalue weighted by Gasteiger charge is 2.37. The fourth-order valence-electron chi connectivity index (χ4n) is 1.34. The van der Waals surface area contributed by atoms with E-state index in [0.29, 0.717) is 23.9 Å². The van der Waals surface area contributed by atoms with E-state index >= 15 is 0 Å². The van der Waals surface area contributed by atoms with Crippen molar-refractivity contribution in [3.63, 3.8) is 0 Å². The Balaban J connectivity index is 3.17. The predicted octanol–water partition coefficient (Wildman–Crippen LogP) is 4.93. The number of benzene rings is 1. The van der Waals surface area contributed by atoms with Gasteiger partial charge in [0.15, 0.2) is 0 Å². The summed E-state index contributed by atoms with van der Waals surface area (Å²) in [6, 6.07) is 1.20. The van der Waals surface area contributed by atoms with Gasteiger partial charge in [0.05, 0.1) is 16.5 Å². The highest BCUT2D eigenvalue weighted by atomic mass is 32.2. The second-order valence-corrected chi connectivity index (χ2v) is 6.27. The highest BCUT2D eigenvalue weighted by molar-refractivity contribution is 7.99. The van der Waals surface area contributed by atoms with Gasteiger partial charge < -0.3 is 5.11 Å². The molecule has 0 bridgehead atoms. The summed E-state index contributed by atoms with van der Waals surface area (Å²) in [6.07, 6.45) is -9.84. The Labute approximate surface area is 126 Å².